The Bertz CT molecular complexity index is 237. The van der Waals surface area contributed by atoms with E-state index in [4.69, 9.17) is 4.74 Å². The Kier molecular flexibility index (Phi) is 5.46. The molecule has 1 N–H and O–H groups in total. The first-order chi connectivity index (χ1) is 8.70. The molecule has 3 nitrogen and oxygen atoms in total. The fraction of sp³-hybridized carbons (Fsp3) is 1.00. The van der Waals surface area contributed by atoms with Gasteiger partial charge < -0.3 is 15.0 Å². The van der Waals surface area contributed by atoms with Gasteiger partial charge in [-0.2, -0.15) is 0 Å². The van der Waals surface area contributed by atoms with E-state index >= 15 is 0 Å². The lowest BCUT2D eigenvalue weighted by Crippen LogP contribution is -2.47. The molecule has 0 aromatic carbocycles. The molecular weight excluding hydrogens is 224 g/mol. The Balaban J connectivity index is 1.78. The summed E-state index contributed by atoms with van der Waals surface area (Å²) in [7, 11) is 2.07. The molecule has 2 unspecified atom stereocenters. The minimum atomic E-state index is 0.485. The van der Waals surface area contributed by atoms with E-state index in [2.05, 4.69) is 31.1 Å². The van der Waals surface area contributed by atoms with E-state index < -0.39 is 0 Å². The van der Waals surface area contributed by atoms with E-state index in [1.807, 2.05) is 0 Å². The molecule has 0 radical (unpaired) electrons. The van der Waals surface area contributed by atoms with Gasteiger partial charge in [0.15, 0.2) is 0 Å². The summed E-state index contributed by atoms with van der Waals surface area (Å²) in [4.78, 5) is 2.73. The molecule has 2 aliphatic heterocycles. The number of nitrogens with one attached hydrogen (secondary N) is 1. The van der Waals surface area contributed by atoms with Crippen LogP contribution in [0.15, 0.2) is 0 Å². The van der Waals surface area contributed by atoms with Crippen molar-refractivity contribution in [3.8, 4) is 0 Å². The first-order valence-corrected chi connectivity index (χ1v) is 7.71. The van der Waals surface area contributed by atoms with Crippen molar-refractivity contribution in [3.05, 3.63) is 0 Å². The van der Waals surface area contributed by atoms with Crippen LogP contribution in [0, 0.1) is 11.8 Å². The summed E-state index contributed by atoms with van der Waals surface area (Å²) < 4.78 is 5.88. The molecule has 0 saturated carbocycles. The second kappa shape index (κ2) is 6.88. The van der Waals surface area contributed by atoms with E-state index in [-0.39, 0.29) is 0 Å². The molecule has 2 fully saturated rings. The van der Waals surface area contributed by atoms with Crippen LogP contribution in [0.3, 0.4) is 0 Å². The first kappa shape index (κ1) is 14.3. The molecule has 18 heavy (non-hydrogen) atoms. The van der Waals surface area contributed by atoms with Crippen molar-refractivity contribution in [2.24, 2.45) is 11.8 Å². The normalized spacial score (nSPS) is 32.0. The van der Waals surface area contributed by atoms with E-state index in [1.54, 1.807) is 0 Å². The van der Waals surface area contributed by atoms with Crippen LogP contribution in [0.2, 0.25) is 0 Å². The predicted octanol–water partition coefficient (Wildman–Crippen LogP) is 2.12. The van der Waals surface area contributed by atoms with Crippen LogP contribution >= 0.6 is 0 Å². The van der Waals surface area contributed by atoms with Gasteiger partial charge in [0.1, 0.15) is 0 Å². The Hall–Kier alpha value is -0.120. The highest BCUT2D eigenvalue weighted by Crippen LogP contribution is 2.27. The Morgan fingerprint density at radius 1 is 1.22 bits per heavy atom. The zero-order valence-corrected chi connectivity index (χ0v) is 12.3. The lowest BCUT2D eigenvalue weighted by molar-refractivity contribution is -0.0533. The van der Waals surface area contributed by atoms with Crippen molar-refractivity contribution < 1.29 is 4.74 Å². The SMILES string of the molecule is CNCC1CCN(C2CCOC(C(C)C)C2)CC1. The van der Waals surface area contributed by atoms with Crippen molar-refractivity contribution in [2.45, 2.75) is 51.7 Å². The zero-order chi connectivity index (χ0) is 13.0. The second-order valence-corrected chi connectivity index (χ2v) is 6.37. The molecule has 0 amide bonds. The third-order valence-corrected chi connectivity index (χ3v) is 4.69. The van der Waals surface area contributed by atoms with Crippen LogP contribution in [-0.2, 0) is 4.74 Å². The molecule has 2 aliphatic rings. The van der Waals surface area contributed by atoms with Gasteiger partial charge in [0.2, 0.25) is 0 Å². The van der Waals surface area contributed by atoms with Crippen LogP contribution in [0.25, 0.3) is 0 Å². The van der Waals surface area contributed by atoms with Gasteiger partial charge in [-0.05, 0) is 64.2 Å². The van der Waals surface area contributed by atoms with Gasteiger partial charge in [-0.25, -0.2) is 0 Å². The van der Waals surface area contributed by atoms with Crippen LogP contribution in [-0.4, -0.2) is 50.3 Å². The number of likely N-dealkylation sites (tertiary alicyclic amines) is 1. The minimum absolute atomic E-state index is 0.485. The van der Waals surface area contributed by atoms with E-state index in [9.17, 15) is 0 Å². The minimum Gasteiger partial charge on any atom is -0.378 e. The quantitative estimate of drug-likeness (QED) is 0.832. The first-order valence-electron chi connectivity index (χ1n) is 7.71. The zero-order valence-electron chi connectivity index (χ0n) is 12.3. The summed E-state index contributed by atoms with van der Waals surface area (Å²) in [6.45, 7) is 9.31. The van der Waals surface area contributed by atoms with Crippen molar-refractivity contribution in [2.75, 3.05) is 33.3 Å². The van der Waals surface area contributed by atoms with E-state index in [1.165, 1.54) is 45.3 Å². The van der Waals surface area contributed by atoms with E-state index in [0.717, 1.165) is 18.6 Å². The van der Waals surface area contributed by atoms with Crippen LogP contribution in [0.5, 0.6) is 0 Å². The lowest BCUT2D eigenvalue weighted by Gasteiger charge is -2.42. The smallest absolute Gasteiger partial charge is 0.0612 e. The molecule has 0 bridgehead atoms. The summed E-state index contributed by atoms with van der Waals surface area (Å²) in [6.07, 6.45) is 5.70. The predicted molar refractivity (Wildman–Crippen MR) is 75.8 cm³/mol. The molecule has 2 rings (SSSR count). The lowest BCUT2D eigenvalue weighted by atomic mass is 9.90. The fourth-order valence-corrected chi connectivity index (χ4v) is 3.42. The van der Waals surface area contributed by atoms with Gasteiger partial charge >= 0.3 is 0 Å². The summed E-state index contributed by atoms with van der Waals surface area (Å²) in [5, 5.41) is 3.32. The molecule has 0 aliphatic carbocycles. The van der Waals surface area contributed by atoms with Crippen LogP contribution in [0.4, 0.5) is 0 Å². The molecule has 0 aromatic heterocycles. The third-order valence-electron chi connectivity index (χ3n) is 4.69. The second-order valence-electron chi connectivity index (χ2n) is 6.37. The summed E-state index contributed by atoms with van der Waals surface area (Å²) >= 11 is 0. The monoisotopic (exact) mass is 254 g/mol. The topological polar surface area (TPSA) is 24.5 Å². The number of piperidine rings is 1. The summed E-state index contributed by atoms with van der Waals surface area (Å²) in [6, 6.07) is 0.779. The molecule has 3 heteroatoms. The van der Waals surface area contributed by atoms with Crippen molar-refractivity contribution >= 4 is 0 Å². The van der Waals surface area contributed by atoms with E-state index in [0.29, 0.717) is 12.0 Å². The third kappa shape index (κ3) is 3.69. The highest BCUT2D eigenvalue weighted by atomic mass is 16.5. The molecule has 2 atom stereocenters. The maximum absolute atomic E-state index is 5.88. The van der Waals surface area contributed by atoms with Crippen LogP contribution < -0.4 is 5.32 Å². The Morgan fingerprint density at radius 2 is 1.94 bits per heavy atom. The molecule has 106 valence electrons. The van der Waals surface area contributed by atoms with Crippen molar-refractivity contribution in [1.82, 2.24) is 10.2 Å². The van der Waals surface area contributed by atoms with Gasteiger partial charge in [0, 0.05) is 12.6 Å². The molecule has 0 spiro atoms. The van der Waals surface area contributed by atoms with Gasteiger partial charge in [0.25, 0.3) is 0 Å². The molecule has 2 saturated heterocycles. The average molecular weight is 254 g/mol. The van der Waals surface area contributed by atoms with Gasteiger partial charge in [-0.1, -0.05) is 13.8 Å². The Morgan fingerprint density at radius 3 is 2.56 bits per heavy atom. The molecule has 2 heterocycles. The van der Waals surface area contributed by atoms with Gasteiger partial charge in [-0.15, -0.1) is 0 Å². The maximum Gasteiger partial charge on any atom is 0.0612 e. The van der Waals surface area contributed by atoms with Gasteiger partial charge in [0.05, 0.1) is 6.10 Å². The van der Waals surface area contributed by atoms with Crippen molar-refractivity contribution in [1.29, 1.82) is 0 Å². The largest absolute Gasteiger partial charge is 0.378 e. The summed E-state index contributed by atoms with van der Waals surface area (Å²) in [5.41, 5.74) is 0. The number of rotatable bonds is 4. The van der Waals surface area contributed by atoms with Crippen molar-refractivity contribution in [3.63, 3.8) is 0 Å². The highest BCUT2D eigenvalue weighted by Gasteiger charge is 2.30. The number of hydrogen-bond acceptors (Lipinski definition) is 3. The standard InChI is InChI=1S/C15H30N2O/c1-12(2)15-10-14(6-9-18-15)17-7-4-13(5-8-17)11-16-3/h12-16H,4-11H2,1-3H3. The average Bonchev–Trinajstić information content (AvgIpc) is 2.40. The molecule has 0 aromatic rings. The fourth-order valence-electron chi connectivity index (χ4n) is 3.42. The number of hydrogen-bond donors (Lipinski definition) is 1. The number of ether oxygens (including phenoxy) is 1. The highest BCUT2D eigenvalue weighted by molar-refractivity contribution is 4.84. The van der Waals surface area contributed by atoms with Crippen LogP contribution in [0.1, 0.15) is 39.5 Å². The molecular formula is C15H30N2O. The summed E-state index contributed by atoms with van der Waals surface area (Å²) in [5.74, 6) is 1.56. The van der Waals surface area contributed by atoms with Gasteiger partial charge in [-0.3, -0.25) is 0 Å². The maximum atomic E-state index is 5.88. The Labute approximate surface area is 112 Å². The number of nitrogens with zero attached hydrogens (tertiary/aromatic N) is 1.